The maximum Gasteiger partial charge on any atom is 0.0399 e. The first-order chi connectivity index (χ1) is 9.08. The molecule has 0 saturated carbocycles. The van der Waals surface area contributed by atoms with Gasteiger partial charge in [-0.05, 0) is 70.7 Å². The van der Waals surface area contributed by atoms with Crippen LogP contribution in [0.15, 0.2) is 22.7 Å². The third-order valence-electron chi connectivity index (χ3n) is 3.21. The molecule has 1 rings (SSSR count). The second-order valence-corrected chi connectivity index (χ2v) is 5.96. The van der Waals surface area contributed by atoms with Gasteiger partial charge in [-0.3, -0.25) is 0 Å². The third kappa shape index (κ3) is 5.51. The lowest BCUT2D eigenvalue weighted by molar-refractivity contribution is 0.400. The maximum absolute atomic E-state index is 5.72. The van der Waals surface area contributed by atoms with Crippen molar-refractivity contribution in [2.45, 2.75) is 19.8 Å². The second-order valence-electron chi connectivity index (χ2n) is 5.05. The molecule has 0 bridgehead atoms. The molecular formula is C15H26BrN3. The van der Waals surface area contributed by atoms with Crippen molar-refractivity contribution in [2.75, 3.05) is 45.2 Å². The van der Waals surface area contributed by atoms with Gasteiger partial charge in [0, 0.05) is 23.2 Å². The number of benzene rings is 1. The summed E-state index contributed by atoms with van der Waals surface area (Å²) in [6.07, 6.45) is 2.11. The SMILES string of the molecule is CCN(CCCN(C)C)c1ccc(Br)cc1CCN. The van der Waals surface area contributed by atoms with Gasteiger partial charge in [-0.1, -0.05) is 15.9 Å². The van der Waals surface area contributed by atoms with Crippen LogP contribution in [-0.4, -0.2) is 45.2 Å². The van der Waals surface area contributed by atoms with E-state index in [1.807, 2.05) is 0 Å². The second kappa shape index (κ2) is 8.56. The zero-order valence-electron chi connectivity index (χ0n) is 12.3. The Morgan fingerprint density at radius 1 is 1.21 bits per heavy atom. The molecule has 19 heavy (non-hydrogen) atoms. The fourth-order valence-electron chi connectivity index (χ4n) is 2.25. The summed E-state index contributed by atoms with van der Waals surface area (Å²) in [5.74, 6) is 0. The highest BCUT2D eigenvalue weighted by atomic mass is 79.9. The van der Waals surface area contributed by atoms with Crippen molar-refractivity contribution < 1.29 is 0 Å². The van der Waals surface area contributed by atoms with Gasteiger partial charge in [0.1, 0.15) is 0 Å². The van der Waals surface area contributed by atoms with Crippen LogP contribution in [0.3, 0.4) is 0 Å². The lowest BCUT2D eigenvalue weighted by Crippen LogP contribution is -2.28. The molecular weight excluding hydrogens is 302 g/mol. The average molecular weight is 328 g/mol. The Morgan fingerprint density at radius 3 is 2.53 bits per heavy atom. The molecule has 3 nitrogen and oxygen atoms in total. The summed E-state index contributed by atoms with van der Waals surface area (Å²) in [6, 6.07) is 6.51. The van der Waals surface area contributed by atoms with Crippen LogP contribution in [0.4, 0.5) is 5.69 Å². The molecule has 108 valence electrons. The van der Waals surface area contributed by atoms with Gasteiger partial charge in [0.05, 0.1) is 0 Å². The van der Waals surface area contributed by atoms with E-state index in [-0.39, 0.29) is 0 Å². The van der Waals surface area contributed by atoms with E-state index in [0.29, 0.717) is 6.54 Å². The Morgan fingerprint density at radius 2 is 1.95 bits per heavy atom. The fourth-order valence-corrected chi connectivity index (χ4v) is 2.65. The molecule has 0 saturated heterocycles. The van der Waals surface area contributed by atoms with Gasteiger partial charge in [-0.25, -0.2) is 0 Å². The van der Waals surface area contributed by atoms with Gasteiger partial charge in [-0.15, -0.1) is 0 Å². The first-order valence-electron chi connectivity index (χ1n) is 6.96. The minimum atomic E-state index is 0.693. The van der Waals surface area contributed by atoms with Gasteiger partial charge in [0.15, 0.2) is 0 Å². The monoisotopic (exact) mass is 327 g/mol. The number of halogens is 1. The van der Waals surface area contributed by atoms with Crippen molar-refractivity contribution in [3.8, 4) is 0 Å². The number of anilines is 1. The van der Waals surface area contributed by atoms with Crippen molar-refractivity contribution in [3.05, 3.63) is 28.2 Å². The zero-order chi connectivity index (χ0) is 14.3. The molecule has 0 heterocycles. The van der Waals surface area contributed by atoms with E-state index in [0.717, 1.165) is 30.5 Å². The van der Waals surface area contributed by atoms with Gasteiger partial charge >= 0.3 is 0 Å². The van der Waals surface area contributed by atoms with Crippen molar-refractivity contribution >= 4 is 21.6 Å². The highest BCUT2D eigenvalue weighted by molar-refractivity contribution is 9.10. The first kappa shape index (κ1) is 16.5. The number of hydrogen-bond acceptors (Lipinski definition) is 3. The van der Waals surface area contributed by atoms with Crippen molar-refractivity contribution in [3.63, 3.8) is 0 Å². The van der Waals surface area contributed by atoms with Crippen LogP contribution >= 0.6 is 15.9 Å². The first-order valence-corrected chi connectivity index (χ1v) is 7.76. The van der Waals surface area contributed by atoms with Crippen LogP contribution in [0.25, 0.3) is 0 Å². The molecule has 0 aliphatic carbocycles. The molecule has 0 aliphatic rings. The molecule has 1 aromatic carbocycles. The minimum Gasteiger partial charge on any atom is -0.372 e. The maximum atomic E-state index is 5.72. The standard InChI is InChI=1S/C15H26BrN3/c1-4-19(11-5-10-18(2)3)15-7-6-14(16)12-13(15)8-9-17/h6-7,12H,4-5,8-11,17H2,1-3H3. The zero-order valence-corrected chi connectivity index (χ0v) is 13.9. The summed E-state index contributed by atoms with van der Waals surface area (Å²) in [5, 5.41) is 0. The van der Waals surface area contributed by atoms with Crippen molar-refractivity contribution in [2.24, 2.45) is 5.73 Å². The largest absolute Gasteiger partial charge is 0.372 e. The Balaban J connectivity index is 2.78. The van der Waals surface area contributed by atoms with E-state index in [9.17, 15) is 0 Å². The van der Waals surface area contributed by atoms with Crippen LogP contribution < -0.4 is 10.6 Å². The lowest BCUT2D eigenvalue weighted by atomic mass is 10.1. The Kier molecular flexibility index (Phi) is 7.42. The molecule has 1 aromatic rings. The number of hydrogen-bond donors (Lipinski definition) is 1. The summed E-state index contributed by atoms with van der Waals surface area (Å²) in [4.78, 5) is 4.68. The highest BCUT2D eigenvalue weighted by Crippen LogP contribution is 2.25. The van der Waals surface area contributed by atoms with Gasteiger partial charge in [0.25, 0.3) is 0 Å². The van der Waals surface area contributed by atoms with Gasteiger partial charge < -0.3 is 15.5 Å². The molecule has 0 aliphatic heterocycles. The molecule has 4 heteroatoms. The van der Waals surface area contributed by atoms with Crippen LogP contribution in [0.2, 0.25) is 0 Å². The van der Waals surface area contributed by atoms with Crippen molar-refractivity contribution in [1.29, 1.82) is 0 Å². The number of rotatable bonds is 8. The van der Waals surface area contributed by atoms with E-state index in [4.69, 9.17) is 5.73 Å². The van der Waals surface area contributed by atoms with E-state index in [1.54, 1.807) is 0 Å². The topological polar surface area (TPSA) is 32.5 Å². The van der Waals surface area contributed by atoms with E-state index in [2.05, 4.69) is 64.9 Å². The van der Waals surface area contributed by atoms with Gasteiger partial charge in [0.2, 0.25) is 0 Å². The Labute approximate surface area is 125 Å². The predicted molar refractivity (Wildman–Crippen MR) is 88.0 cm³/mol. The van der Waals surface area contributed by atoms with Crippen LogP contribution in [0.1, 0.15) is 18.9 Å². The van der Waals surface area contributed by atoms with E-state index in [1.165, 1.54) is 17.7 Å². The summed E-state index contributed by atoms with van der Waals surface area (Å²) in [5.41, 5.74) is 8.39. The predicted octanol–water partition coefficient (Wildman–Crippen LogP) is 2.73. The average Bonchev–Trinajstić information content (AvgIpc) is 2.36. The Bertz CT molecular complexity index is 380. The van der Waals surface area contributed by atoms with E-state index >= 15 is 0 Å². The molecule has 0 radical (unpaired) electrons. The lowest BCUT2D eigenvalue weighted by Gasteiger charge is -2.26. The minimum absolute atomic E-state index is 0.693. The number of nitrogens with two attached hydrogens (primary N) is 1. The summed E-state index contributed by atoms with van der Waals surface area (Å²) in [6.45, 7) is 6.16. The van der Waals surface area contributed by atoms with Crippen LogP contribution in [0.5, 0.6) is 0 Å². The molecule has 0 unspecified atom stereocenters. The number of nitrogens with zero attached hydrogens (tertiary/aromatic N) is 2. The molecule has 2 N–H and O–H groups in total. The molecule has 0 amide bonds. The fraction of sp³-hybridized carbons (Fsp3) is 0.600. The summed E-state index contributed by atoms with van der Waals surface area (Å²) >= 11 is 3.54. The third-order valence-corrected chi connectivity index (χ3v) is 3.70. The normalized spacial score (nSPS) is 11.1. The molecule has 0 fully saturated rings. The quantitative estimate of drug-likeness (QED) is 0.796. The molecule has 0 aromatic heterocycles. The molecule has 0 atom stereocenters. The smallest absolute Gasteiger partial charge is 0.0399 e. The van der Waals surface area contributed by atoms with Crippen LogP contribution in [-0.2, 0) is 6.42 Å². The van der Waals surface area contributed by atoms with Crippen LogP contribution in [0, 0.1) is 0 Å². The van der Waals surface area contributed by atoms with E-state index < -0.39 is 0 Å². The summed E-state index contributed by atoms with van der Waals surface area (Å²) < 4.78 is 1.13. The van der Waals surface area contributed by atoms with Crippen molar-refractivity contribution in [1.82, 2.24) is 4.90 Å². The molecule has 0 spiro atoms. The Hall–Kier alpha value is -0.580. The summed E-state index contributed by atoms with van der Waals surface area (Å²) in [7, 11) is 4.24. The van der Waals surface area contributed by atoms with Gasteiger partial charge in [-0.2, -0.15) is 0 Å². The highest BCUT2D eigenvalue weighted by Gasteiger charge is 2.10.